The lowest BCUT2D eigenvalue weighted by atomic mass is 10.2. The third-order valence-corrected chi connectivity index (χ3v) is 4.20. The smallest absolute Gasteiger partial charge is 0.309 e. The van der Waals surface area contributed by atoms with Gasteiger partial charge in [0.15, 0.2) is 0 Å². The maximum atomic E-state index is 12.6. The molecular formula is C18H16N6O6. The number of rotatable bonds is 7. The predicted molar refractivity (Wildman–Crippen MR) is 104 cm³/mol. The Morgan fingerprint density at radius 1 is 1.17 bits per heavy atom. The molecule has 1 N–H and O–H groups in total. The van der Waals surface area contributed by atoms with Gasteiger partial charge >= 0.3 is 5.69 Å². The average Bonchev–Trinajstić information content (AvgIpc) is 3.09. The number of hydrogen-bond acceptors (Lipinski definition) is 8. The third kappa shape index (κ3) is 4.38. The number of carbonyl (C=O) groups excluding carboxylic acids is 1. The molecule has 0 spiro atoms. The van der Waals surface area contributed by atoms with Gasteiger partial charge < -0.3 is 10.1 Å². The van der Waals surface area contributed by atoms with Crippen molar-refractivity contribution in [2.75, 3.05) is 5.32 Å². The van der Waals surface area contributed by atoms with Crippen LogP contribution < -0.4 is 10.1 Å². The van der Waals surface area contributed by atoms with Crippen LogP contribution in [0.25, 0.3) is 0 Å². The fraction of sp³-hybridized carbons (Fsp3) is 0.167. The van der Waals surface area contributed by atoms with Crippen LogP contribution in [0.2, 0.25) is 0 Å². The van der Waals surface area contributed by atoms with Gasteiger partial charge in [-0.2, -0.15) is 5.10 Å². The summed E-state index contributed by atoms with van der Waals surface area (Å²) in [6.07, 6.45) is 4.05. The molecule has 0 radical (unpaired) electrons. The number of nitro groups is 2. The first-order chi connectivity index (χ1) is 14.3. The minimum atomic E-state index is -0.902. The topological polar surface area (TPSA) is 155 Å². The van der Waals surface area contributed by atoms with Crippen LogP contribution in [0.3, 0.4) is 0 Å². The number of ether oxygens (including phenoxy) is 1. The molecule has 30 heavy (non-hydrogen) atoms. The lowest BCUT2D eigenvalue weighted by Gasteiger charge is -2.14. The van der Waals surface area contributed by atoms with Crippen LogP contribution in [0.15, 0.2) is 48.9 Å². The number of anilines is 1. The zero-order valence-corrected chi connectivity index (χ0v) is 15.9. The number of pyridine rings is 1. The minimum Gasteiger partial charge on any atom is -0.455 e. The van der Waals surface area contributed by atoms with E-state index in [1.165, 1.54) is 42.9 Å². The second kappa shape index (κ2) is 8.34. The van der Waals surface area contributed by atoms with E-state index < -0.39 is 21.8 Å². The summed E-state index contributed by atoms with van der Waals surface area (Å²) in [7, 11) is 0. The number of nitrogens with zero attached hydrogens (tertiary/aromatic N) is 5. The van der Waals surface area contributed by atoms with Gasteiger partial charge in [-0.3, -0.25) is 34.7 Å². The molecule has 1 unspecified atom stereocenters. The van der Waals surface area contributed by atoms with Crippen molar-refractivity contribution in [3.8, 4) is 11.5 Å². The summed E-state index contributed by atoms with van der Waals surface area (Å²) >= 11 is 0. The highest BCUT2D eigenvalue weighted by Gasteiger charge is 2.24. The quantitative estimate of drug-likeness (QED) is 0.457. The van der Waals surface area contributed by atoms with Crippen molar-refractivity contribution in [3.63, 3.8) is 0 Å². The second-order valence-electron chi connectivity index (χ2n) is 6.25. The maximum Gasteiger partial charge on any atom is 0.309 e. The van der Waals surface area contributed by atoms with E-state index in [0.29, 0.717) is 5.75 Å². The van der Waals surface area contributed by atoms with Gasteiger partial charge in [0, 0.05) is 18.3 Å². The Labute approximate surface area is 169 Å². The van der Waals surface area contributed by atoms with Crippen molar-refractivity contribution in [1.29, 1.82) is 0 Å². The largest absolute Gasteiger partial charge is 0.455 e. The van der Waals surface area contributed by atoms with Gasteiger partial charge in [-0.05, 0) is 26.0 Å². The van der Waals surface area contributed by atoms with Crippen molar-refractivity contribution < 1.29 is 19.4 Å². The highest BCUT2D eigenvalue weighted by molar-refractivity contribution is 5.94. The predicted octanol–water partition coefficient (Wildman–Crippen LogP) is 3.39. The molecule has 0 fully saturated rings. The van der Waals surface area contributed by atoms with Gasteiger partial charge in [-0.15, -0.1) is 0 Å². The van der Waals surface area contributed by atoms with E-state index in [1.807, 2.05) is 0 Å². The summed E-state index contributed by atoms with van der Waals surface area (Å²) in [4.78, 5) is 37.6. The summed E-state index contributed by atoms with van der Waals surface area (Å²) in [5.74, 6) is -0.0712. The van der Waals surface area contributed by atoms with Crippen molar-refractivity contribution in [2.45, 2.75) is 19.9 Å². The molecule has 1 amide bonds. The number of benzene rings is 1. The number of hydrogen-bond donors (Lipinski definition) is 1. The Bertz CT molecular complexity index is 1110. The van der Waals surface area contributed by atoms with E-state index in [1.54, 1.807) is 18.3 Å². The molecule has 0 aliphatic carbocycles. The minimum absolute atomic E-state index is 0.124. The van der Waals surface area contributed by atoms with E-state index >= 15 is 0 Å². The van der Waals surface area contributed by atoms with E-state index in [9.17, 15) is 25.0 Å². The molecule has 0 saturated carbocycles. The molecule has 3 aromatic rings. The van der Waals surface area contributed by atoms with Crippen LogP contribution in [0.1, 0.15) is 18.7 Å². The van der Waals surface area contributed by atoms with Crippen LogP contribution >= 0.6 is 0 Å². The normalized spacial score (nSPS) is 11.5. The standard InChI is InChI=1S/C18H16N6O6/c1-11-17(24(28)29)10-20-22(11)12(2)18(25)21-13-6-14(23(26)27)8-16(7-13)30-15-4-3-5-19-9-15/h3-10,12H,1-2H3,(H,21,25). The van der Waals surface area contributed by atoms with Crippen molar-refractivity contribution in [3.05, 3.63) is 74.8 Å². The monoisotopic (exact) mass is 412 g/mol. The number of nitrogens with one attached hydrogen (secondary N) is 1. The fourth-order valence-corrected chi connectivity index (χ4v) is 2.71. The summed E-state index contributed by atoms with van der Waals surface area (Å²) in [5.41, 5.74) is -0.163. The van der Waals surface area contributed by atoms with Gasteiger partial charge in [0.1, 0.15) is 29.4 Å². The number of nitro benzene ring substituents is 1. The summed E-state index contributed by atoms with van der Waals surface area (Å²) in [6.45, 7) is 2.98. The first-order valence-corrected chi connectivity index (χ1v) is 8.63. The molecule has 2 heterocycles. The SMILES string of the molecule is Cc1c([N+](=O)[O-])cnn1C(C)C(=O)Nc1cc(Oc2cccnc2)cc([N+](=O)[O-])c1. The molecule has 2 aromatic heterocycles. The van der Waals surface area contributed by atoms with Crippen LogP contribution in [-0.4, -0.2) is 30.5 Å². The zero-order valence-electron chi connectivity index (χ0n) is 15.9. The molecule has 154 valence electrons. The van der Waals surface area contributed by atoms with Crippen LogP contribution in [-0.2, 0) is 4.79 Å². The lowest BCUT2D eigenvalue weighted by molar-refractivity contribution is -0.385. The van der Waals surface area contributed by atoms with E-state index in [0.717, 1.165) is 6.20 Å². The third-order valence-electron chi connectivity index (χ3n) is 4.20. The molecule has 3 rings (SSSR count). The van der Waals surface area contributed by atoms with Crippen LogP contribution in [0.5, 0.6) is 11.5 Å². The highest BCUT2D eigenvalue weighted by Crippen LogP contribution is 2.30. The molecule has 0 bridgehead atoms. The molecule has 1 atom stereocenters. The van der Waals surface area contributed by atoms with Gasteiger partial charge in [0.05, 0.1) is 27.8 Å². The summed E-state index contributed by atoms with van der Waals surface area (Å²) < 4.78 is 6.78. The Morgan fingerprint density at radius 3 is 2.53 bits per heavy atom. The zero-order chi connectivity index (χ0) is 21.8. The van der Waals surface area contributed by atoms with Crippen molar-refractivity contribution in [2.24, 2.45) is 0 Å². The number of amides is 1. The van der Waals surface area contributed by atoms with E-state index in [4.69, 9.17) is 4.74 Å². The Balaban J connectivity index is 1.85. The van der Waals surface area contributed by atoms with E-state index in [2.05, 4.69) is 15.4 Å². The van der Waals surface area contributed by atoms with Gasteiger partial charge in [-0.1, -0.05) is 0 Å². The van der Waals surface area contributed by atoms with Gasteiger partial charge in [-0.25, -0.2) is 0 Å². The van der Waals surface area contributed by atoms with Crippen molar-refractivity contribution >= 4 is 23.0 Å². The highest BCUT2D eigenvalue weighted by atomic mass is 16.6. The molecule has 0 aliphatic heterocycles. The average molecular weight is 412 g/mol. The molecule has 12 nitrogen and oxygen atoms in total. The van der Waals surface area contributed by atoms with Gasteiger partial charge in [0.2, 0.25) is 5.91 Å². The molecule has 0 aliphatic rings. The summed E-state index contributed by atoms with van der Waals surface area (Å²) in [5, 5.41) is 28.7. The number of aromatic nitrogens is 3. The second-order valence-corrected chi connectivity index (χ2v) is 6.25. The first kappa shape index (κ1) is 20.4. The Kier molecular flexibility index (Phi) is 5.67. The van der Waals surface area contributed by atoms with Gasteiger partial charge in [0.25, 0.3) is 5.69 Å². The molecule has 0 saturated heterocycles. The number of non-ortho nitro benzene ring substituents is 1. The molecule has 12 heteroatoms. The maximum absolute atomic E-state index is 12.6. The van der Waals surface area contributed by atoms with Crippen molar-refractivity contribution in [1.82, 2.24) is 14.8 Å². The Morgan fingerprint density at radius 2 is 1.93 bits per heavy atom. The number of carbonyl (C=O) groups is 1. The molecular weight excluding hydrogens is 396 g/mol. The lowest BCUT2D eigenvalue weighted by Crippen LogP contribution is -2.25. The fourth-order valence-electron chi connectivity index (χ4n) is 2.71. The van der Waals surface area contributed by atoms with E-state index in [-0.39, 0.29) is 28.5 Å². The van der Waals surface area contributed by atoms with Crippen LogP contribution in [0.4, 0.5) is 17.1 Å². The first-order valence-electron chi connectivity index (χ1n) is 8.63. The summed E-state index contributed by atoms with van der Waals surface area (Å²) in [6, 6.07) is 6.18. The van der Waals surface area contributed by atoms with Crippen LogP contribution in [0, 0.1) is 27.2 Å². The molecule has 1 aromatic carbocycles. The Hall–Kier alpha value is -4.35.